The molecule has 1 aromatic heterocycles. The van der Waals surface area contributed by atoms with Gasteiger partial charge in [0.25, 0.3) is 5.91 Å². The van der Waals surface area contributed by atoms with E-state index in [1.165, 1.54) is 50.9 Å². The third-order valence-electron chi connectivity index (χ3n) is 5.80. The van der Waals surface area contributed by atoms with Crippen molar-refractivity contribution >= 4 is 11.9 Å². The fourth-order valence-corrected chi connectivity index (χ4v) is 5.37. The van der Waals surface area contributed by atoms with Gasteiger partial charge in [-0.2, -0.15) is 0 Å². The zero-order chi connectivity index (χ0) is 15.2. The van der Waals surface area contributed by atoms with E-state index in [-0.39, 0.29) is 5.56 Å². The molecular weight excluding hydrogens is 280 g/mol. The van der Waals surface area contributed by atoms with E-state index >= 15 is 0 Å². The molecule has 22 heavy (non-hydrogen) atoms. The second-order valence-electron chi connectivity index (χ2n) is 7.51. The molecule has 5 rings (SSSR count). The summed E-state index contributed by atoms with van der Waals surface area (Å²) in [5, 5.41) is 12.0. The molecule has 0 unspecified atom stereocenters. The highest BCUT2D eigenvalue weighted by atomic mass is 16.5. The average Bonchev–Trinajstić information content (AvgIpc) is 2.51. The van der Waals surface area contributed by atoms with Crippen LogP contribution in [0.15, 0.2) is 12.4 Å². The van der Waals surface area contributed by atoms with E-state index in [1.807, 2.05) is 0 Å². The Balaban J connectivity index is 1.41. The fraction of sp³-hybridized carbons (Fsp3) is 0.688. The van der Waals surface area contributed by atoms with Crippen LogP contribution in [0.1, 0.15) is 48.9 Å². The lowest BCUT2D eigenvalue weighted by Gasteiger charge is -2.56. The summed E-state index contributed by atoms with van der Waals surface area (Å²) in [5.41, 5.74) is 2.26. The van der Waals surface area contributed by atoms with Crippen LogP contribution in [-0.4, -0.2) is 27.6 Å². The van der Waals surface area contributed by atoms with E-state index < -0.39 is 5.91 Å². The number of rotatable bonds is 4. The van der Waals surface area contributed by atoms with Crippen molar-refractivity contribution in [3.63, 3.8) is 0 Å². The van der Waals surface area contributed by atoms with E-state index in [9.17, 15) is 4.79 Å². The Morgan fingerprint density at radius 1 is 1.14 bits per heavy atom. The lowest BCUT2D eigenvalue weighted by Crippen LogP contribution is -2.49. The van der Waals surface area contributed by atoms with Crippen molar-refractivity contribution in [3.05, 3.63) is 18.0 Å². The fourth-order valence-electron chi connectivity index (χ4n) is 5.37. The van der Waals surface area contributed by atoms with E-state index in [0.717, 1.165) is 24.3 Å². The second kappa shape index (κ2) is 5.19. The standard InChI is InChI=1S/C16H22N4O2/c21-14(20-22)13-7-17-15(18-8-13)19-9-16-4-10-1-11(5-16)3-12(2-10)6-16/h7-8,10-12,22H,1-6,9H2,(H,20,21)(H,17,18,19). The van der Waals surface area contributed by atoms with Crippen molar-refractivity contribution in [1.29, 1.82) is 0 Å². The predicted octanol–water partition coefficient (Wildman–Crippen LogP) is 2.22. The number of aromatic nitrogens is 2. The van der Waals surface area contributed by atoms with Gasteiger partial charge in [0.1, 0.15) is 0 Å². The third kappa shape index (κ3) is 2.45. The average molecular weight is 302 g/mol. The Morgan fingerprint density at radius 3 is 2.18 bits per heavy atom. The number of carbonyl (C=O) groups is 1. The molecule has 3 N–H and O–H groups in total. The number of hydroxylamine groups is 1. The van der Waals surface area contributed by atoms with Gasteiger partial charge < -0.3 is 5.32 Å². The molecule has 0 aliphatic heterocycles. The third-order valence-corrected chi connectivity index (χ3v) is 5.80. The molecule has 0 saturated heterocycles. The van der Waals surface area contributed by atoms with E-state index in [2.05, 4.69) is 15.3 Å². The Morgan fingerprint density at radius 2 is 1.68 bits per heavy atom. The molecule has 6 nitrogen and oxygen atoms in total. The first kappa shape index (κ1) is 13.9. The Kier molecular flexibility index (Phi) is 3.29. The minimum Gasteiger partial charge on any atom is -0.354 e. The maximum atomic E-state index is 11.3. The van der Waals surface area contributed by atoms with E-state index in [4.69, 9.17) is 5.21 Å². The van der Waals surface area contributed by atoms with Gasteiger partial charge in [-0.15, -0.1) is 0 Å². The second-order valence-corrected chi connectivity index (χ2v) is 7.51. The number of carbonyl (C=O) groups excluding carboxylic acids is 1. The number of nitrogens with one attached hydrogen (secondary N) is 2. The van der Waals surface area contributed by atoms with Gasteiger partial charge in [0.2, 0.25) is 5.95 Å². The minimum atomic E-state index is -0.590. The van der Waals surface area contributed by atoms with Crippen molar-refractivity contribution < 1.29 is 10.0 Å². The minimum absolute atomic E-state index is 0.253. The van der Waals surface area contributed by atoms with Crippen LogP contribution in [0.4, 0.5) is 5.95 Å². The Bertz CT molecular complexity index is 537. The summed E-state index contributed by atoms with van der Waals surface area (Å²) in [6.07, 6.45) is 11.2. The van der Waals surface area contributed by atoms with Gasteiger partial charge in [0.05, 0.1) is 5.56 Å². The molecule has 4 aliphatic carbocycles. The SMILES string of the molecule is O=C(NO)c1cnc(NCC23CC4CC(CC(C4)C2)C3)nc1. The number of anilines is 1. The summed E-state index contributed by atoms with van der Waals surface area (Å²) < 4.78 is 0. The summed E-state index contributed by atoms with van der Waals surface area (Å²) in [4.78, 5) is 19.6. The summed E-state index contributed by atoms with van der Waals surface area (Å²) in [6.45, 7) is 0.933. The van der Waals surface area contributed by atoms with E-state index in [0.29, 0.717) is 11.4 Å². The van der Waals surface area contributed by atoms with E-state index in [1.54, 1.807) is 5.48 Å². The summed E-state index contributed by atoms with van der Waals surface area (Å²) in [5.74, 6) is 2.77. The highest BCUT2D eigenvalue weighted by molar-refractivity contribution is 5.92. The Hall–Kier alpha value is -1.69. The predicted molar refractivity (Wildman–Crippen MR) is 80.4 cm³/mol. The van der Waals surface area contributed by atoms with Gasteiger partial charge in [-0.1, -0.05) is 0 Å². The van der Waals surface area contributed by atoms with Gasteiger partial charge in [0, 0.05) is 18.9 Å². The molecule has 118 valence electrons. The van der Waals surface area contributed by atoms with Crippen LogP contribution < -0.4 is 10.8 Å². The van der Waals surface area contributed by atoms with Crippen molar-refractivity contribution in [2.45, 2.75) is 38.5 Å². The molecule has 0 atom stereocenters. The smallest absolute Gasteiger partial charge is 0.277 e. The zero-order valence-corrected chi connectivity index (χ0v) is 12.6. The molecule has 4 saturated carbocycles. The monoisotopic (exact) mass is 302 g/mol. The molecule has 6 heteroatoms. The van der Waals surface area contributed by atoms with Gasteiger partial charge in [-0.25, -0.2) is 15.4 Å². The van der Waals surface area contributed by atoms with Crippen LogP contribution in [0.2, 0.25) is 0 Å². The molecule has 4 bridgehead atoms. The highest BCUT2D eigenvalue weighted by Gasteiger charge is 2.50. The summed E-state index contributed by atoms with van der Waals surface area (Å²) in [7, 11) is 0. The van der Waals surface area contributed by atoms with Crippen molar-refractivity contribution in [3.8, 4) is 0 Å². The summed E-state index contributed by atoms with van der Waals surface area (Å²) >= 11 is 0. The van der Waals surface area contributed by atoms with Crippen LogP contribution >= 0.6 is 0 Å². The lowest BCUT2D eigenvalue weighted by atomic mass is 9.49. The largest absolute Gasteiger partial charge is 0.354 e. The van der Waals surface area contributed by atoms with Gasteiger partial charge in [-0.3, -0.25) is 10.0 Å². The summed E-state index contributed by atoms with van der Waals surface area (Å²) in [6, 6.07) is 0. The van der Waals surface area contributed by atoms with Crippen molar-refractivity contribution in [2.75, 3.05) is 11.9 Å². The topological polar surface area (TPSA) is 87.1 Å². The van der Waals surface area contributed by atoms with Gasteiger partial charge in [-0.05, 0) is 61.7 Å². The quantitative estimate of drug-likeness (QED) is 0.586. The molecule has 4 aliphatic rings. The van der Waals surface area contributed by atoms with Crippen LogP contribution in [0.3, 0.4) is 0 Å². The maximum absolute atomic E-state index is 11.3. The van der Waals surface area contributed by atoms with Crippen molar-refractivity contribution in [1.82, 2.24) is 15.4 Å². The molecule has 1 amide bonds. The normalized spacial score (nSPS) is 35.4. The molecule has 1 aromatic rings. The van der Waals surface area contributed by atoms with Crippen LogP contribution in [0, 0.1) is 23.2 Å². The van der Waals surface area contributed by atoms with Crippen LogP contribution in [-0.2, 0) is 0 Å². The maximum Gasteiger partial charge on any atom is 0.277 e. The number of amides is 1. The Labute approximate surface area is 129 Å². The van der Waals surface area contributed by atoms with Gasteiger partial charge >= 0.3 is 0 Å². The van der Waals surface area contributed by atoms with Crippen molar-refractivity contribution in [2.24, 2.45) is 23.2 Å². The highest BCUT2D eigenvalue weighted by Crippen LogP contribution is 2.59. The molecular formula is C16H22N4O2. The van der Waals surface area contributed by atoms with Crippen LogP contribution in [0.25, 0.3) is 0 Å². The molecule has 1 heterocycles. The molecule has 0 radical (unpaired) electrons. The van der Waals surface area contributed by atoms with Gasteiger partial charge in [0.15, 0.2) is 0 Å². The first-order valence-electron chi connectivity index (χ1n) is 8.16. The zero-order valence-electron chi connectivity index (χ0n) is 12.6. The number of hydrogen-bond donors (Lipinski definition) is 3. The lowest BCUT2D eigenvalue weighted by molar-refractivity contribution is -0.0445. The van der Waals surface area contributed by atoms with Crippen LogP contribution in [0.5, 0.6) is 0 Å². The number of nitrogens with zero attached hydrogens (tertiary/aromatic N) is 2. The molecule has 0 aromatic carbocycles. The molecule has 0 spiro atoms. The first-order valence-corrected chi connectivity index (χ1v) is 8.16. The first-order chi connectivity index (χ1) is 10.7. The number of hydrogen-bond acceptors (Lipinski definition) is 5. The molecule has 4 fully saturated rings.